The summed E-state index contributed by atoms with van der Waals surface area (Å²) in [7, 11) is 0. The molecule has 8 nitrogen and oxygen atoms in total. The van der Waals surface area contributed by atoms with E-state index in [0.717, 1.165) is 33.1 Å². The zero-order chi connectivity index (χ0) is 24.7. The summed E-state index contributed by atoms with van der Waals surface area (Å²) in [5.74, 6) is -2.47. The van der Waals surface area contributed by atoms with Crippen LogP contribution < -0.4 is 10.2 Å². The van der Waals surface area contributed by atoms with Gasteiger partial charge in [-0.15, -0.1) is 0 Å². The summed E-state index contributed by atoms with van der Waals surface area (Å²) in [5, 5.41) is 11.4. The number of hydrogen-bond acceptors (Lipinski definition) is 4. The lowest BCUT2D eigenvalue weighted by Crippen LogP contribution is -2.54. The first-order chi connectivity index (χ1) is 16.1. The molecule has 8 heteroatoms. The van der Waals surface area contributed by atoms with E-state index in [1.807, 2.05) is 44.4 Å². The van der Waals surface area contributed by atoms with Gasteiger partial charge in [0, 0.05) is 17.1 Å². The van der Waals surface area contributed by atoms with E-state index in [4.69, 9.17) is 5.11 Å². The van der Waals surface area contributed by atoms with E-state index in [0.29, 0.717) is 11.3 Å². The normalized spacial score (nSPS) is 15.1. The molecule has 1 fully saturated rings. The molecule has 0 saturated carbocycles. The van der Waals surface area contributed by atoms with Crippen molar-refractivity contribution < 1.29 is 24.3 Å². The van der Waals surface area contributed by atoms with Gasteiger partial charge in [-0.05, 0) is 92.9 Å². The van der Waals surface area contributed by atoms with Gasteiger partial charge in [0.1, 0.15) is 5.57 Å². The van der Waals surface area contributed by atoms with Gasteiger partial charge in [0.2, 0.25) is 0 Å². The fourth-order valence-corrected chi connectivity index (χ4v) is 4.21. The van der Waals surface area contributed by atoms with Crippen LogP contribution in [0.4, 0.5) is 10.5 Å². The van der Waals surface area contributed by atoms with Crippen molar-refractivity contribution >= 4 is 35.6 Å². The van der Waals surface area contributed by atoms with Crippen molar-refractivity contribution in [2.45, 2.75) is 27.7 Å². The molecule has 0 aliphatic carbocycles. The minimum atomic E-state index is -1.01. The van der Waals surface area contributed by atoms with Crippen molar-refractivity contribution in [1.82, 2.24) is 9.88 Å². The Kier molecular flexibility index (Phi) is 5.66. The molecule has 3 aromatic rings. The highest BCUT2D eigenvalue weighted by atomic mass is 16.4. The maximum Gasteiger partial charge on any atom is 0.335 e. The summed E-state index contributed by atoms with van der Waals surface area (Å²) in [6.07, 6.45) is 1.48. The minimum Gasteiger partial charge on any atom is -0.478 e. The van der Waals surface area contributed by atoms with Crippen LogP contribution in [0.1, 0.15) is 38.4 Å². The van der Waals surface area contributed by atoms with Crippen LogP contribution in [0.5, 0.6) is 0 Å². The van der Waals surface area contributed by atoms with E-state index in [2.05, 4.69) is 5.32 Å². The largest absolute Gasteiger partial charge is 0.478 e. The third-order valence-corrected chi connectivity index (χ3v) is 5.71. The lowest BCUT2D eigenvalue weighted by molar-refractivity contribution is -0.122. The van der Waals surface area contributed by atoms with Crippen molar-refractivity contribution in [3.63, 3.8) is 0 Å². The molecular formula is C26H23N3O5. The van der Waals surface area contributed by atoms with Crippen LogP contribution in [0.25, 0.3) is 11.8 Å². The number of imide groups is 2. The summed E-state index contributed by atoms with van der Waals surface area (Å²) in [6.45, 7) is 7.43. The van der Waals surface area contributed by atoms with Gasteiger partial charge in [-0.3, -0.25) is 14.9 Å². The Bertz CT molecular complexity index is 1380. The Morgan fingerprint density at radius 1 is 0.882 bits per heavy atom. The number of aryl methyl sites for hydroxylation is 3. The molecule has 0 radical (unpaired) electrons. The van der Waals surface area contributed by atoms with Crippen molar-refractivity contribution in [2.24, 2.45) is 0 Å². The molecule has 172 valence electrons. The van der Waals surface area contributed by atoms with Gasteiger partial charge in [0.05, 0.1) is 11.3 Å². The van der Waals surface area contributed by atoms with E-state index in [1.165, 1.54) is 18.2 Å². The molecule has 1 aromatic heterocycles. The minimum absolute atomic E-state index is 0.153. The standard InChI is InChI=1S/C26H23N3O5/c1-14-9-15(2)11-21(10-14)29-24(31)22(23(30)27-26(29)34)13-19-12-16(3)28(17(19)4)20-7-5-18(6-8-20)25(32)33/h5-13H,1-4H3,(H,32,33)(H,27,30,34)/b22-13+. The predicted octanol–water partition coefficient (Wildman–Crippen LogP) is 4.08. The monoisotopic (exact) mass is 457 g/mol. The molecule has 0 unspecified atom stereocenters. The maximum atomic E-state index is 13.3. The average Bonchev–Trinajstić information content (AvgIpc) is 3.03. The molecule has 0 spiro atoms. The topological polar surface area (TPSA) is 109 Å². The van der Waals surface area contributed by atoms with Crippen LogP contribution in [0.2, 0.25) is 0 Å². The molecule has 1 aliphatic heterocycles. The number of amides is 4. The number of urea groups is 1. The number of carbonyl (C=O) groups excluding carboxylic acids is 3. The van der Waals surface area contributed by atoms with Crippen LogP contribution in [0, 0.1) is 27.7 Å². The number of nitrogens with one attached hydrogen (secondary N) is 1. The van der Waals surface area contributed by atoms with E-state index < -0.39 is 23.8 Å². The van der Waals surface area contributed by atoms with Crippen LogP contribution in [-0.4, -0.2) is 33.5 Å². The highest BCUT2D eigenvalue weighted by molar-refractivity contribution is 6.39. The Morgan fingerprint density at radius 2 is 1.50 bits per heavy atom. The predicted molar refractivity (Wildman–Crippen MR) is 127 cm³/mol. The average molecular weight is 457 g/mol. The van der Waals surface area contributed by atoms with E-state index in [1.54, 1.807) is 24.3 Å². The van der Waals surface area contributed by atoms with Crippen LogP contribution in [0.15, 0.2) is 54.1 Å². The number of benzene rings is 2. The highest BCUT2D eigenvalue weighted by Crippen LogP contribution is 2.27. The zero-order valence-electron chi connectivity index (χ0n) is 19.2. The number of rotatable bonds is 4. The Morgan fingerprint density at radius 3 is 2.09 bits per heavy atom. The number of barbiturate groups is 1. The molecule has 0 bridgehead atoms. The summed E-state index contributed by atoms with van der Waals surface area (Å²) < 4.78 is 1.90. The van der Waals surface area contributed by atoms with Gasteiger partial charge in [0.15, 0.2) is 0 Å². The van der Waals surface area contributed by atoms with Gasteiger partial charge < -0.3 is 9.67 Å². The van der Waals surface area contributed by atoms with Crippen molar-refractivity contribution in [3.05, 3.63) is 87.7 Å². The Balaban J connectivity index is 1.75. The molecule has 2 N–H and O–H groups in total. The number of hydrogen-bond donors (Lipinski definition) is 2. The third kappa shape index (κ3) is 4.01. The number of nitrogens with zero attached hydrogens (tertiary/aromatic N) is 2. The van der Waals surface area contributed by atoms with E-state index in [9.17, 15) is 19.2 Å². The SMILES string of the molecule is Cc1cc(C)cc(N2C(=O)NC(=O)/C(=C\c3cc(C)n(-c4ccc(C(=O)O)cc4)c3C)C2=O)c1. The molecule has 1 aliphatic rings. The van der Waals surface area contributed by atoms with Crippen LogP contribution in [-0.2, 0) is 9.59 Å². The fourth-order valence-electron chi connectivity index (χ4n) is 4.21. The molecule has 2 heterocycles. The molecule has 34 heavy (non-hydrogen) atoms. The van der Waals surface area contributed by atoms with E-state index in [-0.39, 0.29) is 11.1 Å². The first kappa shape index (κ1) is 22.7. The summed E-state index contributed by atoms with van der Waals surface area (Å²) >= 11 is 0. The van der Waals surface area contributed by atoms with Crippen molar-refractivity contribution in [3.8, 4) is 5.69 Å². The highest BCUT2D eigenvalue weighted by Gasteiger charge is 2.37. The molecule has 2 aromatic carbocycles. The second-order valence-corrected chi connectivity index (χ2v) is 8.32. The lowest BCUT2D eigenvalue weighted by Gasteiger charge is -2.27. The number of carbonyl (C=O) groups is 4. The van der Waals surface area contributed by atoms with Crippen molar-refractivity contribution in [1.29, 1.82) is 0 Å². The Hall–Kier alpha value is -4.46. The van der Waals surface area contributed by atoms with Crippen LogP contribution >= 0.6 is 0 Å². The number of anilines is 1. The Labute approximate surface area is 196 Å². The first-order valence-electron chi connectivity index (χ1n) is 10.6. The smallest absolute Gasteiger partial charge is 0.335 e. The molecule has 0 atom stereocenters. The maximum absolute atomic E-state index is 13.3. The number of aromatic carboxylic acids is 1. The quantitative estimate of drug-likeness (QED) is 0.453. The van der Waals surface area contributed by atoms with Crippen molar-refractivity contribution in [2.75, 3.05) is 4.90 Å². The van der Waals surface area contributed by atoms with E-state index >= 15 is 0 Å². The van der Waals surface area contributed by atoms with Crippen LogP contribution in [0.3, 0.4) is 0 Å². The first-order valence-corrected chi connectivity index (χ1v) is 10.6. The zero-order valence-corrected chi connectivity index (χ0v) is 19.2. The lowest BCUT2D eigenvalue weighted by atomic mass is 10.1. The van der Waals surface area contributed by atoms with Gasteiger partial charge in [-0.25, -0.2) is 14.5 Å². The molecule has 4 rings (SSSR count). The summed E-state index contributed by atoms with van der Waals surface area (Å²) in [4.78, 5) is 50.5. The summed E-state index contributed by atoms with van der Waals surface area (Å²) in [6, 6.07) is 12.8. The number of carboxylic acid groups (broad SMARTS) is 1. The second-order valence-electron chi connectivity index (χ2n) is 8.32. The number of aromatic nitrogens is 1. The third-order valence-electron chi connectivity index (χ3n) is 5.71. The second kappa shape index (κ2) is 8.47. The van der Waals surface area contributed by atoms with Gasteiger partial charge in [0.25, 0.3) is 11.8 Å². The van der Waals surface area contributed by atoms with Gasteiger partial charge in [-0.2, -0.15) is 0 Å². The molecule has 4 amide bonds. The summed E-state index contributed by atoms with van der Waals surface area (Å²) in [5.41, 5.74) is 5.15. The fraction of sp³-hybridized carbons (Fsp3) is 0.154. The van der Waals surface area contributed by atoms with Gasteiger partial charge >= 0.3 is 12.0 Å². The molecular weight excluding hydrogens is 434 g/mol. The van der Waals surface area contributed by atoms with Gasteiger partial charge in [-0.1, -0.05) is 6.07 Å². The molecule has 1 saturated heterocycles. The number of carboxylic acids is 1.